The Hall–Kier alpha value is -2.33. The van der Waals surface area contributed by atoms with Crippen molar-refractivity contribution in [2.45, 2.75) is 26.4 Å². The first-order valence-corrected chi connectivity index (χ1v) is 6.93. The zero-order valence-corrected chi connectivity index (χ0v) is 12.3. The van der Waals surface area contributed by atoms with Crippen molar-refractivity contribution in [3.8, 4) is 5.75 Å². The Balaban J connectivity index is 2.13. The number of hydrazine groups is 1. The van der Waals surface area contributed by atoms with Crippen molar-refractivity contribution >= 4 is 5.91 Å². The van der Waals surface area contributed by atoms with Crippen LogP contribution >= 0.6 is 0 Å². The zero-order chi connectivity index (χ0) is 15.2. The highest BCUT2D eigenvalue weighted by Gasteiger charge is 2.10. The molecule has 2 rings (SSSR count). The van der Waals surface area contributed by atoms with E-state index in [0.717, 1.165) is 11.3 Å². The molecule has 2 aromatic rings. The van der Waals surface area contributed by atoms with Crippen molar-refractivity contribution < 1.29 is 9.53 Å². The van der Waals surface area contributed by atoms with Crippen LogP contribution in [-0.2, 0) is 6.61 Å². The third-order valence-electron chi connectivity index (χ3n) is 3.31. The van der Waals surface area contributed by atoms with E-state index < -0.39 is 0 Å². The van der Waals surface area contributed by atoms with Crippen LogP contribution in [0.5, 0.6) is 5.75 Å². The van der Waals surface area contributed by atoms with Crippen molar-refractivity contribution in [3.63, 3.8) is 0 Å². The number of carbonyl (C=O) groups excluding carboxylic acids is 1. The number of amides is 1. The molecule has 0 fully saturated rings. The molecule has 0 aliphatic carbocycles. The van der Waals surface area contributed by atoms with Gasteiger partial charge in [-0.05, 0) is 29.7 Å². The molecule has 0 saturated carbocycles. The standard InChI is InChI=1S/C17H20N2O2/c1-12(2)13-7-5-8-15(10-13)21-11-14-6-3-4-9-16(14)17(20)19-18/h3-10,12H,11,18H2,1-2H3,(H,19,20). The first kappa shape index (κ1) is 15.1. The fourth-order valence-corrected chi connectivity index (χ4v) is 2.07. The maximum Gasteiger partial charge on any atom is 0.265 e. The van der Waals surface area contributed by atoms with Gasteiger partial charge in [0, 0.05) is 11.1 Å². The van der Waals surface area contributed by atoms with Gasteiger partial charge in [-0.1, -0.05) is 44.2 Å². The molecule has 0 heterocycles. The molecule has 0 unspecified atom stereocenters. The number of carbonyl (C=O) groups is 1. The third-order valence-corrected chi connectivity index (χ3v) is 3.31. The predicted molar refractivity (Wildman–Crippen MR) is 83.0 cm³/mol. The van der Waals surface area contributed by atoms with Crippen molar-refractivity contribution in [1.29, 1.82) is 0 Å². The summed E-state index contributed by atoms with van der Waals surface area (Å²) < 4.78 is 5.80. The van der Waals surface area contributed by atoms with Crippen LogP contribution in [0.4, 0.5) is 0 Å². The quantitative estimate of drug-likeness (QED) is 0.504. The Labute approximate surface area is 124 Å². The second kappa shape index (κ2) is 6.90. The number of ether oxygens (including phenoxy) is 1. The van der Waals surface area contributed by atoms with Crippen LogP contribution in [0.1, 0.15) is 41.3 Å². The lowest BCUT2D eigenvalue weighted by Gasteiger charge is -2.12. The minimum atomic E-state index is -0.315. The van der Waals surface area contributed by atoms with Crippen molar-refractivity contribution in [2.75, 3.05) is 0 Å². The highest BCUT2D eigenvalue weighted by molar-refractivity contribution is 5.95. The highest BCUT2D eigenvalue weighted by Crippen LogP contribution is 2.21. The minimum absolute atomic E-state index is 0.315. The molecule has 0 aromatic heterocycles. The lowest BCUT2D eigenvalue weighted by Crippen LogP contribution is -2.30. The Morgan fingerprint density at radius 1 is 1.19 bits per heavy atom. The fraction of sp³-hybridized carbons (Fsp3) is 0.235. The summed E-state index contributed by atoms with van der Waals surface area (Å²) in [6, 6.07) is 15.2. The van der Waals surface area contributed by atoms with Gasteiger partial charge in [-0.25, -0.2) is 5.84 Å². The van der Waals surface area contributed by atoms with Crippen LogP contribution in [0.25, 0.3) is 0 Å². The number of nitrogen functional groups attached to an aromatic ring is 1. The van der Waals surface area contributed by atoms with E-state index in [0.29, 0.717) is 18.1 Å². The predicted octanol–water partition coefficient (Wildman–Crippen LogP) is 2.99. The molecule has 3 N–H and O–H groups in total. The Morgan fingerprint density at radius 3 is 2.67 bits per heavy atom. The number of nitrogens with one attached hydrogen (secondary N) is 1. The fourth-order valence-electron chi connectivity index (χ4n) is 2.07. The number of hydrogen-bond acceptors (Lipinski definition) is 3. The molecule has 0 radical (unpaired) electrons. The van der Waals surface area contributed by atoms with Gasteiger partial charge in [0.25, 0.3) is 5.91 Å². The SMILES string of the molecule is CC(C)c1cccc(OCc2ccccc2C(=O)NN)c1. The Kier molecular flexibility index (Phi) is 4.95. The second-order valence-electron chi connectivity index (χ2n) is 5.15. The average molecular weight is 284 g/mol. The lowest BCUT2D eigenvalue weighted by atomic mass is 10.0. The summed E-state index contributed by atoms with van der Waals surface area (Å²) in [6.07, 6.45) is 0. The Bertz CT molecular complexity index is 624. The topological polar surface area (TPSA) is 64.3 Å². The summed E-state index contributed by atoms with van der Waals surface area (Å²) >= 11 is 0. The summed E-state index contributed by atoms with van der Waals surface area (Å²) in [5, 5.41) is 0. The second-order valence-corrected chi connectivity index (χ2v) is 5.15. The van der Waals surface area contributed by atoms with Crippen molar-refractivity contribution in [3.05, 3.63) is 65.2 Å². The van der Waals surface area contributed by atoms with E-state index >= 15 is 0 Å². The first-order chi connectivity index (χ1) is 10.1. The van der Waals surface area contributed by atoms with Crippen LogP contribution in [0, 0.1) is 0 Å². The molecule has 21 heavy (non-hydrogen) atoms. The van der Waals surface area contributed by atoms with Crippen LogP contribution in [0.15, 0.2) is 48.5 Å². The number of nitrogens with two attached hydrogens (primary N) is 1. The zero-order valence-electron chi connectivity index (χ0n) is 12.3. The van der Waals surface area contributed by atoms with Gasteiger partial charge < -0.3 is 4.74 Å². The van der Waals surface area contributed by atoms with Gasteiger partial charge in [0.05, 0.1) is 0 Å². The molecule has 0 aliphatic heterocycles. The summed E-state index contributed by atoms with van der Waals surface area (Å²) in [7, 11) is 0. The molecule has 1 amide bonds. The van der Waals surface area contributed by atoms with E-state index in [1.165, 1.54) is 5.56 Å². The minimum Gasteiger partial charge on any atom is -0.489 e. The van der Waals surface area contributed by atoms with Gasteiger partial charge in [-0.15, -0.1) is 0 Å². The van der Waals surface area contributed by atoms with Gasteiger partial charge in [0.15, 0.2) is 0 Å². The molecule has 0 bridgehead atoms. The van der Waals surface area contributed by atoms with E-state index in [1.807, 2.05) is 30.3 Å². The molecule has 110 valence electrons. The largest absolute Gasteiger partial charge is 0.489 e. The van der Waals surface area contributed by atoms with E-state index in [1.54, 1.807) is 12.1 Å². The highest BCUT2D eigenvalue weighted by atomic mass is 16.5. The molecule has 0 atom stereocenters. The van der Waals surface area contributed by atoms with Gasteiger partial charge in [0.2, 0.25) is 0 Å². The average Bonchev–Trinajstić information content (AvgIpc) is 2.52. The summed E-state index contributed by atoms with van der Waals surface area (Å²) in [5.41, 5.74) is 4.70. The molecule has 0 spiro atoms. The molecule has 4 heteroatoms. The van der Waals surface area contributed by atoms with E-state index in [-0.39, 0.29) is 5.91 Å². The van der Waals surface area contributed by atoms with Crippen LogP contribution in [0.3, 0.4) is 0 Å². The normalized spacial score (nSPS) is 10.5. The van der Waals surface area contributed by atoms with E-state index in [2.05, 4.69) is 25.3 Å². The summed E-state index contributed by atoms with van der Waals surface area (Å²) in [5.74, 6) is 6.12. The van der Waals surface area contributed by atoms with Crippen molar-refractivity contribution in [1.82, 2.24) is 5.43 Å². The van der Waals surface area contributed by atoms with Crippen LogP contribution in [-0.4, -0.2) is 5.91 Å². The smallest absolute Gasteiger partial charge is 0.265 e. The van der Waals surface area contributed by atoms with Gasteiger partial charge in [0.1, 0.15) is 12.4 Å². The summed E-state index contributed by atoms with van der Waals surface area (Å²) in [6.45, 7) is 4.60. The molecule has 4 nitrogen and oxygen atoms in total. The molecule has 0 aliphatic rings. The lowest BCUT2D eigenvalue weighted by molar-refractivity contribution is 0.0951. The first-order valence-electron chi connectivity index (χ1n) is 6.93. The molecular weight excluding hydrogens is 264 g/mol. The molecule has 0 saturated heterocycles. The van der Waals surface area contributed by atoms with Crippen LogP contribution < -0.4 is 16.0 Å². The summed E-state index contributed by atoms with van der Waals surface area (Å²) in [4.78, 5) is 11.7. The molecular formula is C17H20N2O2. The van der Waals surface area contributed by atoms with E-state index in [9.17, 15) is 4.79 Å². The van der Waals surface area contributed by atoms with Crippen LogP contribution in [0.2, 0.25) is 0 Å². The number of rotatable bonds is 5. The Morgan fingerprint density at radius 2 is 1.95 bits per heavy atom. The van der Waals surface area contributed by atoms with Gasteiger partial charge >= 0.3 is 0 Å². The monoisotopic (exact) mass is 284 g/mol. The van der Waals surface area contributed by atoms with Gasteiger partial charge in [-0.2, -0.15) is 0 Å². The maximum absolute atomic E-state index is 11.7. The van der Waals surface area contributed by atoms with E-state index in [4.69, 9.17) is 10.6 Å². The van der Waals surface area contributed by atoms with Gasteiger partial charge in [-0.3, -0.25) is 10.2 Å². The third kappa shape index (κ3) is 3.83. The van der Waals surface area contributed by atoms with Crippen molar-refractivity contribution in [2.24, 2.45) is 5.84 Å². The number of benzene rings is 2. The number of hydrogen-bond donors (Lipinski definition) is 2. The maximum atomic E-state index is 11.7. The molecule has 2 aromatic carbocycles.